The first kappa shape index (κ1) is 16.2. The molecule has 0 atom stereocenters. The van der Waals surface area contributed by atoms with Crippen LogP contribution in [0.4, 0.5) is 11.5 Å². The number of fused-ring (bicyclic) bond motifs is 3. The molecular formula is C22H20N4. The van der Waals surface area contributed by atoms with Gasteiger partial charge in [-0.2, -0.15) is 5.26 Å². The van der Waals surface area contributed by atoms with E-state index >= 15 is 0 Å². The number of aromatic nitrogens is 2. The van der Waals surface area contributed by atoms with E-state index in [1.807, 2.05) is 17.4 Å². The fourth-order valence-electron chi connectivity index (χ4n) is 3.36. The molecule has 2 aromatic heterocycles. The van der Waals surface area contributed by atoms with Gasteiger partial charge in [0.25, 0.3) is 0 Å². The van der Waals surface area contributed by atoms with Crippen molar-refractivity contribution in [3.05, 3.63) is 70.3 Å². The maximum Gasteiger partial charge on any atom is 0.157 e. The van der Waals surface area contributed by atoms with Crippen LogP contribution in [0.2, 0.25) is 0 Å². The van der Waals surface area contributed by atoms with Gasteiger partial charge in [-0.15, -0.1) is 0 Å². The summed E-state index contributed by atoms with van der Waals surface area (Å²) < 4.78 is 2.04. The van der Waals surface area contributed by atoms with E-state index in [2.05, 4.69) is 68.6 Å². The van der Waals surface area contributed by atoms with E-state index in [0.29, 0.717) is 11.2 Å². The fraction of sp³-hybridized carbons (Fsp3) is 0.182. The van der Waals surface area contributed by atoms with Gasteiger partial charge in [-0.05, 0) is 74.2 Å². The molecule has 0 unspecified atom stereocenters. The summed E-state index contributed by atoms with van der Waals surface area (Å²) in [5.74, 6) is 0.913. The van der Waals surface area contributed by atoms with Gasteiger partial charge in [0.2, 0.25) is 0 Å². The summed E-state index contributed by atoms with van der Waals surface area (Å²) in [5, 5.41) is 13.2. The predicted molar refractivity (Wildman–Crippen MR) is 106 cm³/mol. The summed E-state index contributed by atoms with van der Waals surface area (Å²) in [6, 6.07) is 16.9. The third-order valence-electron chi connectivity index (χ3n) is 4.79. The van der Waals surface area contributed by atoms with E-state index in [0.717, 1.165) is 33.7 Å². The predicted octanol–water partition coefficient (Wildman–Crippen LogP) is 5.34. The summed E-state index contributed by atoms with van der Waals surface area (Å²) in [4.78, 5) is 4.75. The quantitative estimate of drug-likeness (QED) is 0.536. The topological polar surface area (TPSA) is 53.1 Å². The fourth-order valence-corrected chi connectivity index (χ4v) is 3.36. The average Bonchev–Trinajstić information content (AvgIpc) is 2.96. The van der Waals surface area contributed by atoms with Crippen molar-refractivity contribution in [2.75, 3.05) is 5.32 Å². The highest BCUT2D eigenvalue weighted by Crippen LogP contribution is 2.30. The van der Waals surface area contributed by atoms with Gasteiger partial charge in [0.15, 0.2) is 5.65 Å². The minimum absolute atomic E-state index is 0.616. The van der Waals surface area contributed by atoms with Gasteiger partial charge in [0.05, 0.1) is 16.6 Å². The monoisotopic (exact) mass is 340 g/mol. The maximum atomic E-state index is 9.63. The van der Waals surface area contributed by atoms with Crippen molar-refractivity contribution in [3.63, 3.8) is 0 Å². The van der Waals surface area contributed by atoms with E-state index in [4.69, 9.17) is 4.98 Å². The van der Waals surface area contributed by atoms with Crippen LogP contribution in [-0.2, 0) is 0 Å². The van der Waals surface area contributed by atoms with Crippen LogP contribution in [0.5, 0.6) is 0 Å². The first-order chi connectivity index (χ1) is 12.5. The molecule has 0 spiro atoms. The zero-order valence-corrected chi connectivity index (χ0v) is 15.4. The Hall–Kier alpha value is -3.32. The number of nitrogens with one attached hydrogen (secondary N) is 1. The number of rotatable bonds is 2. The van der Waals surface area contributed by atoms with E-state index in [1.54, 1.807) is 0 Å². The Morgan fingerprint density at radius 2 is 1.65 bits per heavy atom. The molecule has 4 nitrogen and oxygen atoms in total. The molecule has 4 aromatic rings. The standard InChI is InChI=1S/C22H20N4/c1-13-5-7-15(3)18(9-13)24-21-11-16(4)17(12-23)22-25-19-10-14(2)6-8-20(19)26(21)22/h5-11,24H,1-4H3. The summed E-state index contributed by atoms with van der Waals surface area (Å²) >= 11 is 0. The summed E-state index contributed by atoms with van der Waals surface area (Å²) in [6.45, 7) is 8.18. The number of hydrogen-bond donors (Lipinski definition) is 1. The van der Waals surface area contributed by atoms with Crippen molar-refractivity contribution in [1.29, 1.82) is 5.26 Å². The minimum atomic E-state index is 0.616. The second kappa shape index (κ2) is 5.89. The normalized spacial score (nSPS) is 11.0. The van der Waals surface area contributed by atoms with Gasteiger partial charge in [-0.25, -0.2) is 4.98 Å². The number of anilines is 2. The molecule has 0 saturated carbocycles. The SMILES string of the molecule is Cc1ccc(C)c(Nc2cc(C)c(C#N)c3nc4cc(C)ccc4n23)c1. The number of nitrogens with zero attached hydrogens (tertiary/aromatic N) is 3. The van der Waals surface area contributed by atoms with Crippen LogP contribution in [0, 0.1) is 39.0 Å². The number of aryl methyl sites for hydroxylation is 4. The third kappa shape index (κ3) is 2.49. The van der Waals surface area contributed by atoms with Crippen LogP contribution in [0.3, 0.4) is 0 Å². The second-order valence-corrected chi connectivity index (χ2v) is 6.91. The highest BCUT2D eigenvalue weighted by molar-refractivity contribution is 5.86. The van der Waals surface area contributed by atoms with Gasteiger partial charge in [-0.1, -0.05) is 18.2 Å². The summed E-state index contributed by atoms with van der Waals surface area (Å²) in [6.07, 6.45) is 0. The van der Waals surface area contributed by atoms with Crippen molar-refractivity contribution in [1.82, 2.24) is 9.38 Å². The van der Waals surface area contributed by atoms with Gasteiger partial charge in [-0.3, -0.25) is 4.40 Å². The maximum absolute atomic E-state index is 9.63. The molecule has 1 N–H and O–H groups in total. The lowest BCUT2D eigenvalue weighted by molar-refractivity contribution is 1.18. The molecule has 0 saturated heterocycles. The molecule has 0 aliphatic carbocycles. The molecule has 0 fully saturated rings. The van der Waals surface area contributed by atoms with E-state index < -0.39 is 0 Å². The van der Waals surface area contributed by atoms with Gasteiger partial charge in [0.1, 0.15) is 11.9 Å². The summed E-state index contributed by atoms with van der Waals surface area (Å²) in [7, 11) is 0. The molecule has 0 amide bonds. The molecule has 2 heterocycles. The highest BCUT2D eigenvalue weighted by atomic mass is 15.1. The Morgan fingerprint density at radius 1 is 0.923 bits per heavy atom. The Bertz CT molecular complexity index is 1210. The first-order valence-electron chi connectivity index (χ1n) is 8.65. The van der Waals surface area contributed by atoms with Crippen molar-refractivity contribution < 1.29 is 0 Å². The van der Waals surface area contributed by atoms with Crippen LogP contribution < -0.4 is 5.32 Å². The molecule has 26 heavy (non-hydrogen) atoms. The molecule has 0 aliphatic rings. The van der Waals surface area contributed by atoms with Crippen LogP contribution >= 0.6 is 0 Å². The molecule has 0 aliphatic heterocycles. The van der Waals surface area contributed by atoms with Gasteiger partial charge >= 0.3 is 0 Å². The third-order valence-corrected chi connectivity index (χ3v) is 4.79. The first-order valence-corrected chi connectivity index (χ1v) is 8.65. The van der Waals surface area contributed by atoms with E-state index in [-0.39, 0.29) is 0 Å². The van der Waals surface area contributed by atoms with Crippen molar-refractivity contribution in [2.45, 2.75) is 27.7 Å². The molecule has 0 radical (unpaired) electrons. The average molecular weight is 340 g/mol. The molecule has 0 bridgehead atoms. The molecule has 4 heteroatoms. The number of pyridine rings is 1. The van der Waals surface area contributed by atoms with Crippen molar-refractivity contribution in [2.24, 2.45) is 0 Å². The van der Waals surface area contributed by atoms with Crippen LogP contribution in [0.15, 0.2) is 42.5 Å². The summed E-state index contributed by atoms with van der Waals surface area (Å²) in [5.41, 5.74) is 8.71. The van der Waals surface area contributed by atoms with Crippen molar-refractivity contribution >= 4 is 28.2 Å². The molecular weight excluding hydrogens is 320 g/mol. The lowest BCUT2D eigenvalue weighted by atomic mass is 10.1. The van der Waals surface area contributed by atoms with Crippen LogP contribution in [-0.4, -0.2) is 9.38 Å². The van der Waals surface area contributed by atoms with Gasteiger partial charge in [0, 0.05) is 5.69 Å². The smallest absolute Gasteiger partial charge is 0.157 e. The van der Waals surface area contributed by atoms with Crippen LogP contribution in [0.1, 0.15) is 27.8 Å². The number of nitriles is 1. The molecule has 128 valence electrons. The Labute approximate surface area is 152 Å². The van der Waals surface area contributed by atoms with Gasteiger partial charge < -0.3 is 5.32 Å². The zero-order chi connectivity index (χ0) is 18.4. The largest absolute Gasteiger partial charge is 0.341 e. The lowest BCUT2D eigenvalue weighted by Gasteiger charge is -2.14. The lowest BCUT2D eigenvalue weighted by Crippen LogP contribution is -2.03. The molecule has 4 rings (SSSR count). The Morgan fingerprint density at radius 3 is 2.42 bits per heavy atom. The minimum Gasteiger partial charge on any atom is -0.341 e. The zero-order valence-electron chi connectivity index (χ0n) is 15.4. The Kier molecular flexibility index (Phi) is 3.66. The second-order valence-electron chi connectivity index (χ2n) is 6.91. The van der Waals surface area contributed by atoms with E-state index in [1.165, 1.54) is 11.1 Å². The number of hydrogen-bond acceptors (Lipinski definition) is 3. The van der Waals surface area contributed by atoms with E-state index in [9.17, 15) is 5.26 Å². The molecule has 2 aromatic carbocycles. The highest BCUT2D eigenvalue weighted by Gasteiger charge is 2.15. The number of imidazole rings is 1. The number of benzene rings is 2. The van der Waals surface area contributed by atoms with Crippen molar-refractivity contribution in [3.8, 4) is 6.07 Å². The Balaban J connectivity index is 2.04. The van der Waals surface area contributed by atoms with Crippen LogP contribution in [0.25, 0.3) is 16.7 Å².